The summed E-state index contributed by atoms with van der Waals surface area (Å²) in [6.45, 7) is 3.75. The Morgan fingerprint density at radius 1 is 1.15 bits per heavy atom. The van der Waals surface area contributed by atoms with E-state index in [1.807, 2.05) is 44.2 Å². The Morgan fingerprint density at radius 3 is 2.59 bits per heavy atom. The summed E-state index contributed by atoms with van der Waals surface area (Å²) in [4.78, 5) is 16.0. The number of hydrogen-bond donors (Lipinski definition) is 0. The van der Waals surface area contributed by atoms with Crippen molar-refractivity contribution in [3.63, 3.8) is 0 Å². The molecule has 1 fully saturated rings. The predicted molar refractivity (Wildman–Crippen MR) is 101 cm³/mol. The first kappa shape index (κ1) is 17.0. The number of carbonyl (C=O) groups is 1. The number of nitrogens with zero attached hydrogens (tertiary/aromatic N) is 5. The second kappa shape index (κ2) is 6.08. The number of hydrogen-bond acceptors (Lipinski definition) is 5. The van der Waals surface area contributed by atoms with Crippen molar-refractivity contribution in [3.8, 4) is 0 Å². The number of anilines is 1. The number of para-hydroxylation sites is 1. The molecule has 0 radical (unpaired) electrons. The highest BCUT2D eigenvalue weighted by Crippen LogP contribution is 2.35. The van der Waals surface area contributed by atoms with E-state index in [1.54, 1.807) is 30.1 Å². The van der Waals surface area contributed by atoms with Crippen LogP contribution in [0.15, 0.2) is 53.2 Å². The molecule has 138 valence electrons. The number of benzene rings is 2. The van der Waals surface area contributed by atoms with E-state index in [-0.39, 0.29) is 6.03 Å². The van der Waals surface area contributed by atoms with Crippen molar-refractivity contribution in [2.75, 3.05) is 11.9 Å². The van der Waals surface area contributed by atoms with Crippen LogP contribution in [0.5, 0.6) is 0 Å². The molecule has 4 rings (SSSR count). The molecular formula is C19H19N5O3. The van der Waals surface area contributed by atoms with E-state index in [2.05, 4.69) is 10.3 Å². The maximum absolute atomic E-state index is 13.2. The van der Waals surface area contributed by atoms with Crippen molar-refractivity contribution in [1.82, 2.24) is 15.2 Å². The van der Waals surface area contributed by atoms with E-state index in [4.69, 9.17) is 4.63 Å². The van der Waals surface area contributed by atoms with Gasteiger partial charge in [0.15, 0.2) is 6.21 Å². The molecule has 8 heteroatoms. The SMILES string of the molecule is CN1C(=O)N(c2ccccc2)C(/[N+]([O-])=C/c2ccc3nonc3c2)C1(C)C. The number of carbonyl (C=O) groups excluding carboxylic acids is 1. The van der Waals surface area contributed by atoms with Crippen molar-refractivity contribution >= 4 is 29.0 Å². The molecule has 2 heterocycles. The molecule has 0 aliphatic carbocycles. The summed E-state index contributed by atoms with van der Waals surface area (Å²) in [6.07, 6.45) is 0.728. The third-order valence-corrected chi connectivity index (χ3v) is 5.06. The number of hydroxylamine groups is 1. The normalized spacial score (nSPS) is 19.9. The summed E-state index contributed by atoms with van der Waals surface area (Å²) in [5.41, 5.74) is 1.81. The maximum Gasteiger partial charge on any atom is 0.330 e. The van der Waals surface area contributed by atoms with Crippen molar-refractivity contribution in [3.05, 3.63) is 59.3 Å². The number of urea groups is 1. The lowest BCUT2D eigenvalue weighted by Crippen LogP contribution is -2.51. The minimum atomic E-state index is -0.733. The average molecular weight is 365 g/mol. The molecule has 0 N–H and O–H groups in total. The van der Waals surface area contributed by atoms with Crippen LogP contribution >= 0.6 is 0 Å². The number of fused-ring (bicyclic) bond motifs is 1. The van der Waals surface area contributed by atoms with Crippen LogP contribution in [0.25, 0.3) is 11.0 Å². The Hall–Kier alpha value is -3.42. The van der Waals surface area contributed by atoms with Gasteiger partial charge < -0.3 is 10.1 Å². The fourth-order valence-corrected chi connectivity index (χ4v) is 3.36. The molecule has 27 heavy (non-hydrogen) atoms. The average Bonchev–Trinajstić information content (AvgIpc) is 3.19. The number of rotatable bonds is 3. The largest absolute Gasteiger partial charge is 0.622 e. The molecule has 1 atom stereocenters. The van der Waals surface area contributed by atoms with Crippen molar-refractivity contribution in [2.24, 2.45) is 0 Å². The van der Waals surface area contributed by atoms with Gasteiger partial charge in [0.2, 0.25) is 0 Å². The van der Waals surface area contributed by atoms with Crippen molar-refractivity contribution in [2.45, 2.75) is 25.6 Å². The molecule has 1 aliphatic heterocycles. The molecule has 8 nitrogen and oxygen atoms in total. The summed E-state index contributed by atoms with van der Waals surface area (Å²) in [6, 6.07) is 14.2. The Balaban J connectivity index is 1.78. The highest BCUT2D eigenvalue weighted by molar-refractivity contribution is 5.96. The summed E-state index contributed by atoms with van der Waals surface area (Å²) < 4.78 is 5.52. The van der Waals surface area contributed by atoms with Gasteiger partial charge in [-0.3, -0.25) is 0 Å². The Kier molecular flexibility index (Phi) is 3.83. The van der Waals surface area contributed by atoms with Crippen molar-refractivity contribution in [1.29, 1.82) is 0 Å². The quantitative estimate of drug-likeness (QED) is 0.308. The van der Waals surface area contributed by atoms with E-state index in [9.17, 15) is 10.0 Å². The second-order valence-corrected chi connectivity index (χ2v) is 7.08. The summed E-state index contributed by atoms with van der Waals surface area (Å²) in [5, 5.41) is 20.7. The lowest BCUT2D eigenvalue weighted by Gasteiger charge is -2.31. The van der Waals surface area contributed by atoms with E-state index in [0.29, 0.717) is 22.3 Å². The zero-order valence-corrected chi connectivity index (χ0v) is 15.2. The predicted octanol–water partition coefficient (Wildman–Crippen LogP) is 2.83. The van der Waals surface area contributed by atoms with Crippen LogP contribution in [0.4, 0.5) is 10.5 Å². The van der Waals surface area contributed by atoms with Crippen LogP contribution in [0, 0.1) is 5.21 Å². The lowest BCUT2D eigenvalue weighted by molar-refractivity contribution is -0.504. The molecule has 0 bridgehead atoms. The van der Waals surface area contributed by atoms with Crippen LogP contribution in [0.2, 0.25) is 0 Å². The minimum Gasteiger partial charge on any atom is -0.622 e. The smallest absolute Gasteiger partial charge is 0.330 e. The first-order valence-electron chi connectivity index (χ1n) is 8.54. The molecule has 0 spiro atoms. The van der Waals surface area contributed by atoms with Crippen LogP contribution in [0.1, 0.15) is 19.4 Å². The first-order chi connectivity index (χ1) is 12.9. The third-order valence-electron chi connectivity index (χ3n) is 5.06. The number of aromatic nitrogens is 2. The van der Waals surface area contributed by atoms with E-state index in [0.717, 1.165) is 4.74 Å². The number of likely N-dealkylation sites (N-methyl/N-ethyl adjacent to an activating group) is 1. The van der Waals surface area contributed by atoms with Gasteiger partial charge in [0.1, 0.15) is 16.6 Å². The first-order valence-corrected chi connectivity index (χ1v) is 8.54. The monoisotopic (exact) mass is 365 g/mol. The molecule has 1 aromatic heterocycles. The van der Waals surface area contributed by atoms with Gasteiger partial charge in [0.05, 0.1) is 5.69 Å². The third kappa shape index (κ3) is 2.69. The number of amides is 2. The highest BCUT2D eigenvalue weighted by Gasteiger charge is 2.55. The van der Waals surface area contributed by atoms with Gasteiger partial charge >= 0.3 is 6.03 Å². The van der Waals surface area contributed by atoms with E-state index < -0.39 is 11.7 Å². The Morgan fingerprint density at radius 2 is 1.85 bits per heavy atom. The minimum absolute atomic E-state index is 0.221. The summed E-state index contributed by atoms with van der Waals surface area (Å²) in [7, 11) is 1.71. The van der Waals surface area contributed by atoms with Crippen LogP contribution < -0.4 is 4.90 Å². The van der Waals surface area contributed by atoms with Crippen LogP contribution in [-0.4, -0.2) is 51.0 Å². The molecule has 3 aromatic rings. The van der Waals surface area contributed by atoms with Gasteiger partial charge in [-0.15, -0.1) is 0 Å². The van der Waals surface area contributed by atoms with Gasteiger partial charge in [0.25, 0.3) is 6.17 Å². The molecule has 1 aliphatic rings. The second-order valence-electron chi connectivity index (χ2n) is 7.08. The zero-order chi connectivity index (χ0) is 19.2. The fourth-order valence-electron chi connectivity index (χ4n) is 3.36. The van der Waals surface area contributed by atoms with Gasteiger partial charge in [-0.25, -0.2) is 14.3 Å². The Bertz CT molecular complexity index is 1030. The summed E-state index contributed by atoms with van der Waals surface area (Å²) >= 11 is 0. The fraction of sp³-hybridized carbons (Fsp3) is 0.263. The lowest BCUT2D eigenvalue weighted by atomic mass is 10.0. The molecule has 1 unspecified atom stereocenters. The van der Waals surface area contributed by atoms with Gasteiger partial charge in [-0.05, 0) is 54.5 Å². The molecule has 1 saturated heterocycles. The Labute approximate surface area is 155 Å². The van der Waals surface area contributed by atoms with E-state index in [1.165, 1.54) is 11.1 Å². The molecule has 0 saturated carbocycles. The topological polar surface area (TPSA) is 88.5 Å². The van der Waals surface area contributed by atoms with Gasteiger partial charge in [-0.2, -0.15) is 4.74 Å². The van der Waals surface area contributed by atoms with E-state index >= 15 is 0 Å². The van der Waals surface area contributed by atoms with Gasteiger partial charge in [-0.1, -0.05) is 18.2 Å². The maximum atomic E-state index is 13.2. The van der Waals surface area contributed by atoms with Crippen LogP contribution in [0.3, 0.4) is 0 Å². The highest BCUT2D eigenvalue weighted by atomic mass is 16.6. The molecular weight excluding hydrogens is 346 g/mol. The standard InChI is InChI=1S/C19H19N5O3/c1-19(2)17(24(18(25)22(19)3)14-7-5-4-6-8-14)23(26)12-13-9-10-15-16(11-13)21-27-20-15/h4-12,17H,1-3H3/b23-12-. The van der Waals surface area contributed by atoms with Crippen LogP contribution in [-0.2, 0) is 0 Å². The zero-order valence-electron chi connectivity index (χ0n) is 15.2. The molecule has 2 aromatic carbocycles. The van der Waals surface area contributed by atoms with Crippen molar-refractivity contribution < 1.29 is 14.2 Å². The molecule has 2 amide bonds. The summed E-state index contributed by atoms with van der Waals surface area (Å²) in [5.74, 6) is 0. The van der Waals surface area contributed by atoms with Gasteiger partial charge in [0, 0.05) is 12.6 Å².